The lowest BCUT2D eigenvalue weighted by atomic mass is 9.94. The fourth-order valence-electron chi connectivity index (χ4n) is 1.90. The highest BCUT2D eigenvalue weighted by Crippen LogP contribution is 2.26. The number of hydrogen-bond acceptors (Lipinski definition) is 2. The van der Waals surface area contributed by atoms with Gasteiger partial charge in [-0.15, -0.1) is 0 Å². The van der Waals surface area contributed by atoms with Crippen molar-refractivity contribution >= 4 is 11.6 Å². The summed E-state index contributed by atoms with van der Waals surface area (Å²) < 4.78 is 0. The van der Waals surface area contributed by atoms with Crippen molar-refractivity contribution in [3.8, 4) is 0 Å². The van der Waals surface area contributed by atoms with E-state index in [9.17, 15) is 0 Å². The molecule has 3 heteroatoms. The fraction of sp³-hybridized carbons (Fsp3) is 0.214. The van der Waals surface area contributed by atoms with Gasteiger partial charge in [-0.25, -0.2) is 0 Å². The average molecular weight is 247 g/mol. The molecule has 1 heterocycles. The zero-order valence-corrected chi connectivity index (χ0v) is 10.3. The molecular weight excluding hydrogens is 232 g/mol. The molecule has 0 aliphatic rings. The van der Waals surface area contributed by atoms with E-state index in [-0.39, 0.29) is 5.92 Å². The van der Waals surface area contributed by atoms with Gasteiger partial charge in [0.2, 0.25) is 0 Å². The van der Waals surface area contributed by atoms with Gasteiger partial charge >= 0.3 is 0 Å². The lowest BCUT2D eigenvalue weighted by Crippen LogP contribution is -2.16. The molecule has 2 aromatic rings. The van der Waals surface area contributed by atoms with Crippen molar-refractivity contribution in [2.75, 3.05) is 6.54 Å². The molecule has 0 saturated carbocycles. The van der Waals surface area contributed by atoms with Gasteiger partial charge in [0.05, 0.1) is 0 Å². The van der Waals surface area contributed by atoms with Crippen LogP contribution in [0.2, 0.25) is 5.02 Å². The summed E-state index contributed by atoms with van der Waals surface area (Å²) in [6, 6.07) is 13.8. The Balaban J connectivity index is 2.21. The molecule has 0 radical (unpaired) electrons. The Kier molecular flexibility index (Phi) is 4.13. The third kappa shape index (κ3) is 3.05. The lowest BCUT2D eigenvalue weighted by molar-refractivity contribution is 0.682. The summed E-state index contributed by atoms with van der Waals surface area (Å²) in [7, 11) is 0. The first kappa shape index (κ1) is 12.1. The number of rotatable bonds is 4. The Morgan fingerprint density at radius 1 is 1.12 bits per heavy atom. The van der Waals surface area contributed by atoms with Gasteiger partial charge in [0.1, 0.15) is 0 Å². The van der Waals surface area contributed by atoms with Gasteiger partial charge in [-0.1, -0.05) is 35.9 Å². The van der Waals surface area contributed by atoms with Crippen LogP contribution in [0.4, 0.5) is 0 Å². The molecule has 0 fully saturated rings. The quantitative estimate of drug-likeness (QED) is 0.901. The zero-order chi connectivity index (χ0) is 12.1. The Morgan fingerprint density at radius 2 is 1.88 bits per heavy atom. The number of hydrogen-bond donors (Lipinski definition) is 1. The topological polar surface area (TPSA) is 38.9 Å². The van der Waals surface area contributed by atoms with Gasteiger partial charge in [0.15, 0.2) is 0 Å². The van der Waals surface area contributed by atoms with Crippen LogP contribution in [0.15, 0.2) is 48.7 Å². The minimum atomic E-state index is 0.221. The Hall–Kier alpha value is -1.38. The van der Waals surface area contributed by atoms with Crippen LogP contribution in [0.1, 0.15) is 17.2 Å². The summed E-state index contributed by atoms with van der Waals surface area (Å²) in [5.41, 5.74) is 7.98. The summed E-state index contributed by atoms with van der Waals surface area (Å²) in [5.74, 6) is 0.221. The van der Waals surface area contributed by atoms with Gasteiger partial charge < -0.3 is 5.73 Å². The monoisotopic (exact) mass is 246 g/mol. The second-order valence-electron chi connectivity index (χ2n) is 3.98. The molecule has 2 nitrogen and oxygen atoms in total. The van der Waals surface area contributed by atoms with Crippen molar-refractivity contribution in [3.63, 3.8) is 0 Å². The molecule has 1 aromatic heterocycles. The van der Waals surface area contributed by atoms with Gasteiger partial charge in [0.25, 0.3) is 0 Å². The third-order valence-corrected chi connectivity index (χ3v) is 3.16. The van der Waals surface area contributed by atoms with E-state index in [1.807, 2.05) is 42.5 Å². The van der Waals surface area contributed by atoms with Crippen LogP contribution in [-0.4, -0.2) is 11.5 Å². The van der Waals surface area contributed by atoms with Gasteiger partial charge in [-0.2, -0.15) is 0 Å². The van der Waals surface area contributed by atoms with Gasteiger partial charge in [0, 0.05) is 22.8 Å². The minimum Gasteiger partial charge on any atom is -0.330 e. The molecular formula is C14H15ClN2. The van der Waals surface area contributed by atoms with Gasteiger partial charge in [-0.05, 0) is 36.7 Å². The minimum absolute atomic E-state index is 0.221. The number of nitrogens with zero attached hydrogens (tertiary/aromatic N) is 1. The maximum atomic E-state index is 6.19. The molecule has 1 unspecified atom stereocenters. The highest BCUT2D eigenvalue weighted by Gasteiger charge is 2.13. The molecule has 2 N–H and O–H groups in total. The van der Waals surface area contributed by atoms with E-state index in [0.717, 1.165) is 22.7 Å². The first-order valence-corrected chi connectivity index (χ1v) is 6.03. The highest BCUT2D eigenvalue weighted by atomic mass is 35.5. The van der Waals surface area contributed by atoms with Crippen LogP contribution in [0, 0.1) is 0 Å². The molecule has 17 heavy (non-hydrogen) atoms. The molecule has 1 aromatic carbocycles. The number of benzene rings is 1. The van der Waals surface area contributed by atoms with Crippen LogP contribution in [0.25, 0.3) is 0 Å². The maximum absolute atomic E-state index is 6.19. The molecule has 0 bridgehead atoms. The summed E-state index contributed by atoms with van der Waals surface area (Å²) in [4.78, 5) is 4.32. The standard InChI is InChI=1S/C14H15ClN2/c15-14-7-2-1-6-13(14)11(10-16)9-12-5-3-4-8-17-12/h1-8,11H,9-10,16H2. The second kappa shape index (κ2) is 5.80. The predicted octanol–water partition coefficient (Wildman–Crippen LogP) is 3.02. The summed E-state index contributed by atoms with van der Waals surface area (Å²) in [6.45, 7) is 0.570. The second-order valence-corrected chi connectivity index (χ2v) is 4.39. The van der Waals surface area contributed by atoms with E-state index in [0.29, 0.717) is 6.54 Å². The normalized spacial score (nSPS) is 12.4. The third-order valence-electron chi connectivity index (χ3n) is 2.81. The highest BCUT2D eigenvalue weighted by molar-refractivity contribution is 6.31. The number of pyridine rings is 1. The molecule has 0 spiro atoms. The summed E-state index contributed by atoms with van der Waals surface area (Å²) >= 11 is 6.19. The SMILES string of the molecule is NCC(Cc1ccccn1)c1ccccc1Cl. The zero-order valence-electron chi connectivity index (χ0n) is 9.51. The smallest absolute Gasteiger partial charge is 0.0441 e. The maximum Gasteiger partial charge on any atom is 0.0441 e. The molecule has 1 atom stereocenters. The molecule has 2 rings (SSSR count). The predicted molar refractivity (Wildman–Crippen MR) is 71.2 cm³/mol. The van der Waals surface area contributed by atoms with E-state index >= 15 is 0 Å². The van der Waals surface area contributed by atoms with Crippen molar-refractivity contribution in [1.29, 1.82) is 0 Å². The van der Waals surface area contributed by atoms with Crippen molar-refractivity contribution in [2.24, 2.45) is 5.73 Å². The number of halogens is 1. The Morgan fingerprint density at radius 3 is 2.53 bits per heavy atom. The molecule has 88 valence electrons. The first-order valence-electron chi connectivity index (χ1n) is 5.65. The summed E-state index contributed by atoms with van der Waals surface area (Å²) in [5, 5.41) is 0.777. The first-order chi connectivity index (χ1) is 8.31. The van der Waals surface area contributed by atoms with E-state index in [1.165, 1.54) is 0 Å². The van der Waals surface area contributed by atoms with Crippen LogP contribution >= 0.6 is 11.6 Å². The molecule has 0 saturated heterocycles. The average Bonchev–Trinajstić information content (AvgIpc) is 2.38. The van der Waals surface area contributed by atoms with Crippen LogP contribution in [0.5, 0.6) is 0 Å². The van der Waals surface area contributed by atoms with Crippen LogP contribution in [0.3, 0.4) is 0 Å². The van der Waals surface area contributed by atoms with E-state index in [4.69, 9.17) is 17.3 Å². The lowest BCUT2D eigenvalue weighted by Gasteiger charge is -2.16. The Bertz CT molecular complexity index is 471. The number of aromatic nitrogens is 1. The molecule has 0 amide bonds. The molecule has 0 aliphatic carbocycles. The van der Waals surface area contributed by atoms with Crippen molar-refractivity contribution < 1.29 is 0 Å². The fourth-order valence-corrected chi connectivity index (χ4v) is 2.19. The van der Waals surface area contributed by atoms with Crippen molar-refractivity contribution in [1.82, 2.24) is 4.98 Å². The van der Waals surface area contributed by atoms with Crippen LogP contribution < -0.4 is 5.73 Å². The van der Waals surface area contributed by atoms with E-state index in [2.05, 4.69) is 4.98 Å². The number of nitrogens with two attached hydrogens (primary N) is 1. The van der Waals surface area contributed by atoms with Crippen molar-refractivity contribution in [3.05, 3.63) is 64.9 Å². The van der Waals surface area contributed by atoms with E-state index < -0.39 is 0 Å². The van der Waals surface area contributed by atoms with Crippen LogP contribution in [-0.2, 0) is 6.42 Å². The van der Waals surface area contributed by atoms with E-state index in [1.54, 1.807) is 6.20 Å². The molecule has 0 aliphatic heterocycles. The summed E-state index contributed by atoms with van der Waals surface area (Å²) in [6.07, 6.45) is 2.62. The van der Waals surface area contributed by atoms with Crippen molar-refractivity contribution in [2.45, 2.75) is 12.3 Å². The Labute approximate surface area is 106 Å². The largest absolute Gasteiger partial charge is 0.330 e. The van der Waals surface area contributed by atoms with Gasteiger partial charge in [-0.3, -0.25) is 4.98 Å².